The number of carbonyl (C=O) groups is 2. The number of hydrogen-bond acceptors (Lipinski definition) is 4. The first-order valence-electron chi connectivity index (χ1n) is 9.55. The number of methoxy groups -OCH3 is 1. The molecule has 1 aliphatic heterocycles. The van der Waals surface area contributed by atoms with Crippen molar-refractivity contribution in [3.05, 3.63) is 29.8 Å². The summed E-state index contributed by atoms with van der Waals surface area (Å²) in [4.78, 5) is 30.4. The summed E-state index contributed by atoms with van der Waals surface area (Å²) in [6.45, 7) is 8.51. The van der Waals surface area contributed by atoms with E-state index in [2.05, 4.69) is 31.1 Å². The van der Waals surface area contributed by atoms with Crippen molar-refractivity contribution < 1.29 is 14.3 Å². The second kappa shape index (κ2) is 10.2. The Morgan fingerprint density at radius 1 is 1.37 bits per heavy atom. The van der Waals surface area contributed by atoms with Crippen molar-refractivity contribution in [2.45, 2.75) is 20.4 Å². The topological polar surface area (TPSA) is 65.1 Å². The zero-order valence-electron chi connectivity index (χ0n) is 16.9. The molecule has 0 saturated carbocycles. The van der Waals surface area contributed by atoms with E-state index in [-0.39, 0.29) is 18.5 Å². The normalized spacial score (nSPS) is 15.8. The van der Waals surface area contributed by atoms with Gasteiger partial charge in [0.05, 0.1) is 7.11 Å². The molecule has 0 spiro atoms. The van der Waals surface area contributed by atoms with Gasteiger partial charge in [0.2, 0.25) is 5.91 Å². The molecule has 1 fully saturated rings. The van der Waals surface area contributed by atoms with Gasteiger partial charge < -0.3 is 24.8 Å². The molecule has 3 amide bonds. The summed E-state index contributed by atoms with van der Waals surface area (Å²) >= 11 is 0. The molecule has 0 radical (unpaired) electrons. The van der Waals surface area contributed by atoms with Crippen LogP contribution in [0, 0.1) is 5.92 Å². The lowest BCUT2D eigenvalue weighted by Crippen LogP contribution is -2.54. The largest absolute Gasteiger partial charge is 0.497 e. The Hall–Kier alpha value is -2.28. The number of amides is 3. The molecule has 1 unspecified atom stereocenters. The second-order valence-electron chi connectivity index (χ2n) is 7.23. The van der Waals surface area contributed by atoms with Crippen molar-refractivity contribution in [2.24, 2.45) is 5.92 Å². The summed E-state index contributed by atoms with van der Waals surface area (Å²) in [5.41, 5.74) is 1.02. The summed E-state index contributed by atoms with van der Waals surface area (Å²) in [5.74, 6) is 1.11. The Balaban J connectivity index is 1.79. The number of carbonyl (C=O) groups excluding carboxylic acids is 2. The highest BCUT2D eigenvalue weighted by atomic mass is 16.5. The maximum Gasteiger partial charge on any atom is 0.317 e. The first kappa shape index (κ1) is 21.0. The molecule has 0 bridgehead atoms. The first-order valence-corrected chi connectivity index (χ1v) is 9.55. The molecule has 1 N–H and O–H groups in total. The number of hydrogen-bond donors (Lipinski definition) is 1. The highest BCUT2D eigenvalue weighted by Crippen LogP contribution is 2.16. The van der Waals surface area contributed by atoms with Crippen LogP contribution in [0.1, 0.15) is 19.4 Å². The predicted molar refractivity (Wildman–Crippen MR) is 106 cm³/mol. The minimum absolute atomic E-state index is 0.0296. The van der Waals surface area contributed by atoms with Crippen LogP contribution in [-0.2, 0) is 11.3 Å². The Morgan fingerprint density at radius 2 is 2.15 bits per heavy atom. The van der Waals surface area contributed by atoms with Gasteiger partial charge in [0.1, 0.15) is 12.3 Å². The predicted octanol–water partition coefficient (Wildman–Crippen LogP) is 1.64. The Bertz CT molecular complexity index is 637. The molecule has 1 saturated heterocycles. The summed E-state index contributed by atoms with van der Waals surface area (Å²) in [6, 6.07) is 7.55. The number of nitrogens with zero attached hydrogens (tertiary/aromatic N) is 3. The van der Waals surface area contributed by atoms with Crippen molar-refractivity contribution in [1.29, 1.82) is 0 Å². The smallest absolute Gasteiger partial charge is 0.317 e. The van der Waals surface area contributed by atoms with Gasteiger partial charge >= 0.3 is 6.03 Å². The zero-order chi connectivity index (χ0) is 19.8. The fourth-order valence-corrected chi connectivity index (χ4v) is 3.14. The first-order chi connectivity index (χ1) is 12.9. The third kappa shape index (κ3) is 6.43. The van der Waals surface area contributed by atoms with Crippen LogP contribution in [0.5, 0.6) is 5.75 Å². The fraction of sp³-hybridized carbons (Fsp3) is 0.600. The molecule has 27 heavy (non-hydrogen) atoms. The van der Waals surface area contributed by atoms with Gasteiger partial charge in [-0.3, -0.25) is 4.79 Å². The van der Waals surface area contributed by atoms with Gasteiger partial charge in [-0.2, -0.15) is 0 Å². The molecule has 150 valence electrons. The van der Waals surface area contributed by atoms with Crippen LogP contribution in [0.25, 0.3) is 0 Å². The van der Waals surface area contributed by atoms with Crippen LogP contribution in [0.3, 0.4) is 0 Å². The molecule has 1 atom stereocenters. The minimum atomic E-state index is -0.157. The number of rotatable bonds is 8. The Kier molecular flexibility index (Phi) is 7.91. The van der Waals surface area contributed by atoms with Gasteiger partial charge in [0, 0.05) is 32.7 Å². The molecular weight excluding hydrogens is 344 g/mol. The highest BCUT2D eigenvalue weighted by Gasteiger charge is 2.27. The molecule has 1 aliphatic rings. The standard InChI is InChI=1S/C20H32N4O3/c1-5-22(3)13-16(2)12-21-20(26)24-10-9-23(19(25)15-24)14-17-7-6-8-18(11-17)27-4/h6-8,11,16H,5,9-10,12-15H2,1-4H3,(H,21,26). The van der Waals surface area contributed by atoms with Crippen LogP contribution in [0.2, 0.25) is 0 Å². The maximum absolute atomic E-state index is 12.5. The molecule has 7 nitrogen and oxygen atoms in total. The average Bonchev–Trinajstić information content (AvgIpc) is 2.67. The van der Waals surface area contributed by atoms with Crippen LogP contribution in [0.15, 0.2) is 24.3 Å². The number of nitrogens with one attached hydrogen (secondary N) is 1. The van der Waals surface area contributed by atoms with Gasteiger partial charge in [0.15, 0.2) is 0 Å². The van der Waals surface area contributed by atoms with E-state index >= 15 is 0 Å². The quantitative estimate of drug-likeness (QED) is 0.749. The van der Waals surface area contributed by atoms with Crippen molar-refractivity contribution in [3.63, 3.8) is 0 Å². The zero-order valence-corrected chi connectivity index (χ0v) is 16.9. The lowest BCUT2D eigenvalue weighted by molar-refractivity contribution is -0.135. The second-order valence-corrected chi connectivity index (χ2v) is 7.23. The van der Waals surface area contributed by atoms with Crippen molar-refractivity contribution in [3.8, 4) is 5.75 Å². The molecule has 1 aromatic rings. The highest BCUT2D eigenvalue weighted by molar-refractivity contribution is 5.85. The lowest BCUT2D eigenvalue weighted by atomic mass is 10.1. The van der Waals surface area contributed by atoms with Gasteiger partial charge in [-0.15, -0.1) is 0 Å². The van der Waals surface area contributed by atoms with E-state index in [1.54, 1.807) is 16.9 Å². The summed E-state index contributed by atoms with van der Waals surface area (Å²) in [6.07, 6.45) is 0. The average molecular weight is 377 g/mol. The number of benzene rings is 1. The molecule has 2 rings (SSSR count). The third-order valence-electron chi connectivity index (χ3n) is 4.88. The molecule has 1 aromatic carbocycles. The van der Waals surface area contributed by atoms with Gasteiger partial charge in [-0.1, -0.05) is 26.0 Å². The summed E-state index contributed by atoms with van der Waals surface area (Å²) < 4.78 is 5.23. The van der Waals surface area contributed by atoms with Crippen molar-refractivity contribution in [2.75, 3.05) is 53.4 Å². The van der Waals surface area contributed by atoms with E-state index < -0.39 is 0 Å². The number of piperazine rings is 1. The van der Waals surface area contributed by atoms with E-state index in [4.69, 9.17) is 4.74 Å². The lowest BCUT2D eigenvalue weighted by Gasteiger charge is -2.34. The van der Waals surface area contributed by atoms with Gasteiger partial charge in [0.25, 0.3) is 0 Å². The van der Waals surface area contributed by atoms with Gasteiger partial charge in [-0.05, 0) is 37.2 Å². The monoisotopic (exact) mass is 376 g/mol. The van der Waals surface area contributed by atoms with E-state index in [1.807, 2.05) is 24.3 Å². The fourth-order valence-electron chi connectivity index (χ4n) is 3.14. The van der Waals surface area contributed by atoms with Crippen LogP contribution in [-0.4, -0.2) is 80.1 Å². The summed E-state index contributed by atoms with van der Waals surface area (Å²) in [7, 11) is 3.70. The molecule has 0 aliphatic carbocycles. The Morgan fingerprint density at radius 3 is 2.81 bits per heavy atom. The number of urea groups is 1. The third-order valence-corrected chi connectivity index (χ3v) is 4.88. The number of ether oxygens (including phenoxy) is 1. The maximum atomic E-state index is 12.5. The van der Waals surface area contributed by atoms with Crippen molar-refractivity contribution in [1.82, 2.24) is 20.0 Å². The Labute approximate surface area is 162 Å². The van der Waals surface area contributed by atoms with Gasteiger partial charge in [-0.25, -0.2) is 4.79 Å². The van der Waals surface area contributed by atoms with E-state index in [1.165, 1.54) is 0 Å². The van der Waals surface area contributed by atoms with E-state index in [0.717, 1.165) is 24.4 Å². The summed E-state index contributed by atoms with van der Waals surface area (Å²) in [5, 5.41) is 2.95. The van der Waals surface area contributed by atoms with E-state index in [0.29, 0.717) is 32.1 Å². The molecule has 0 aromatic heterocycles. The van der Waals surface area contributed by atoms with Crippen LogP contribution in [0.4, 0.5) is 4.79 Å². The SMILES string of the molecule is CCN(C)CC(C)CNC(=O)N1CCN(Cc2cccc(OC)c2)C(=O)C1. The molecule has 1 heterocycles. The molecule has 7 heteroatoms. The minimum Gasteiger partial charge on any atom is -0.497 e. The van der Waals surface area contributed by atoms with Crippen molar-refractivity contribution >= 4 is 11.9 Å². The van der Waals surface area contributed by atoms with E-state index in [9.17, 15) is 9.59 Å². The van der Waals surface area contributed by atoms with Crippen LogP contribution >= 0.6 is 0 Å². The van der Waals surface area contributed by atoms with Crippen LogP contribution < -0.4 is 10.1 Å². The molecular formula is C20H32N4O3.